The van der Waals surface area contributed by atoms with E-state index in [0.29, 0.717) is 11.4 Å². The van der Waals surface area contributed by atoms with Gasteiger partial charge in [0.15, 0.2) is 5.65 Å². The van der Waals surface area contributed by atoms with E-state index in [1.807, 2.05) is 7.05 Å². The van der Waals surface area contributed by atoms with E-state index in [1.54, 1.807) is 10.9 Å². The third-order valence-electron chi connectivity index (χ3n) is 2.63. The van der Waals surface area contributed by atoms with Gasteiger partial charge in [0.05, 0.1) is 28.7 Å². The van der Waals surface area contributed by atoms with E-state index < -0.39 is 0 Å². The minimum atomic E-state index is -0.0803. The van der Waals surface area contributed by atoms with Crippen LogP contribution in [-0.2, 0) is 12.5 Å². The number of nitrogens with zero attached hydrogens (tertiary/aromatic N) is 3. The number of pyridine rings is 1. The average molecular weight is 219 g/mol. The van der Waals surface area contributed by atoms with Crippen LogP contribution in [0, 0.1) is 0 Å². The van der Waals surface area contributed by atoms with Crippen molar-refractivity contribution in [2.24, 2.45) is 7.05 Å². The van der Waals surface area contributed by atoms with Crippen molar-refractivity contribution >= 4 is 22.4 Å². The molecular formula is C11H17N5. The zero-order valence-corrected chi connectivity index (χ0v) is 10.1. The molecule has 0 spiro atoms. The van der Waals surface area contributed by atoms with E-state index in [2.05, 4.69) is 30.9 Å². The lowest BCUT2D eigenvalue weighted by molar-refractivity contribution is 0.558. The first-order chi connectivity index (χ1) is 7.32. The van der Waals surface area contributed by atoms with Gasteiger partial charge in [0.25, 0.3) is 0 Å². The van der Waals surface area contributed by atoms with Gasteiger partial charge in [-0.05, 0) is 0 Å². The molecule has 0 radical (unpaired) electrons. The lowest BCUT2D eigenvalue weighted by Gasteiger charge is -2.16. The Hall–Kier alpha value is -1.78. The van der Waals surface area contributed by atoms with Crippen molar-refractivity contribution in [3.05, 3.63) is 11.9 Å². The molecule has 0 aliphatic heterocycles. The predicted octanol–water partition coefficient (Wildman–Crippen LogP) is 1.43. The van der Waals surface area contributed by atoms with Crippen LogP contribution >= 0.6 is 0 Å². The van der Waals surface area contributed by atoms with Gasteiger partial charge in [0.2, 0.25) is 0 Å². The highest BCUT2D eigenvalue weighted by molar-refractivity contribution is 5.96. The summed E-state index contributed by atoms with van der Waals surface area (Å²) in [4.78, 5) is 4.27. The fraction of sp³-hybridized carbons (Fsp3) is 0.455. The maximum absolute atomic E-state index is 6.01. The normalized spacial score (nSPS) is 12.2. The first kappa shape index (κ1) is 10.7. The quantitative estimate of drug-likeness (QED) is 0.702. The molecule has 0 bridgehead atoms. The highest BCUT2D eigenvalue weighted by Crippen LogP contribution is 2.33. The minimum absolute atomic E-state index is 0.0803. The van der Waals surface area contributed by atoms with E-state index in [-0.39, 0.29) is 5.41 Å². The van der Waals surface area contributed by atoms with Crippen LogP contribution < -0.4 is 11.5 Å². The maximum Gasteiger partial charge on any atom is 0.160 e. The summed E-state index contributed by atoms with van der Waals surface area (Å²) in [5.74, 6) is 0. The van der Waals surface area contributed by atoms with Crippen molar-refractivity contribution in [1.82, 2.24) is 14.8 Å². The Kier molecular flexibility index (Phi) is 2.08. The molecule has 2 aromatic heterocycles. The van der Waals surface area contributed by atoms with Gasteiger partial charge in [-0.25, -0.2) is 4.98 Å². The molecule has 0 saturated heterocycles. The van der Waals surface area contributed by atoms with Crippen molar-refractivity contribution in [2.45, 2.75) is 26.2 Å². The molecule has 2 aromatic rings. The molecule has 0 saturated carbocycles. The Bertz CT molecular complexity index is 547. The summed E-state index contributed by atoms with van der Waals surface area (Å²) in [7, 11) is 1.86. The summed E-state index contributed by atoms with van der Waals surface area (Å²) in [6.07, 6.45) is 1.58. The van der Waals surface area contributed by atoms with Gasteiger partial charge in [-0.2, -0.15) is 5.10 Å². The van der Waals surface area contributed by atoms with Crippen molar-refractivity contribution in [1.29, 1.82) is 0 Å². The number of rotatable bonds is 0. The standard InChI is InChI=1S/C11H17N5/c1-11(2,3)9-7-8(13)6(12)5-14-10(7)16(4)15-9/h5H,12H2,1-4H3,(H2,13,14). The second-order valence-corrected chi connectivity index (χ2v) is 5.05. The lowest BCUT2D eigenvalue weighted by atomic mass is 9.90. The number of aromatic nitrogens is 3. The van der Waals surface area contributed by atoms with Gasteiger partial charge in [-0.3, -0.25) is 4.68 Å². The van der Waals surface area contributed by atoms with Gasteiger partial charge in [-0.1, -0.05) is 20.8 Å². The SMILES string of the molecule is Cn1nc(C(C)(C)C)c2c(N)c(N)cnc21. The third kappa shape index (κ3) is 1.39. The molecular weight excluding hydrogens is 202 g/mol. The van der Waals surface area contributed by atoms with Crippen molar-refractivity contribution < 1.29 is 0 Å². The van der Waals surface area contributed by atoms with Crippen LogP contribution in [0.25, 0.3) is 11.0 Å². The molecule has 0 fully saturated rings. The van der Waals surface area contributed by atoms with E-state index in [0.717, 1.165) is 16.7 Å². The molecule has 2 heterocycles. The topological polar surface area (TPSA) is 82.8 Å². The molecule has 0 aliphatic rings. The number of hydrogen-bond acceptors (Lipinski definition) is 4. The summed E-state index contributed by atoms with van der Waals surface area (Å²) < 4.78 is 1.74. The minimum Gasteiger partial charge on any atom is -0.396 e. The number of anilines is 2. The fourth-order valence-electron chi connectivity index (χ4n) is 1.78. The van der Waals surface area contributed by atoms with Crippen molar-refractivity contribution in [3.63, 3.8) is 0 Å². The Morgan fingerprint density at radius 1 is 1.25 bits per heavy atom. The van der Waals surface area contributed by atoms with Crippen molar-refractivity contribution in [2.75, 3.05) is 11.5 Å². The highest BCUT2D eigenvalue weighted by Gasteiger charge is 2.24. The first-order valence-electron chi connectivity index (χ1n) is 5.19. The number of nitrogens with two attached hydrogens (primary N) is 2. The summed E-state index contributed by atoms with van der Waals surface area (Å²) in [6.45, 7) is 6.28. The molecule has 5 nitrogen and oxygen atoms in total. The van der Waals surface area contributed by atoms with Gasteiger partial charge >= 0.3 is 0 Å². The summed E-state index contributed by atoms with van der Waals surface area (Å²) in [5.41, 5.74) is 14.5. The maximum atomic E-state index is 6.01. The van der Waals surface area contributed by atoms with Crippen LogP contribution in [0.1, 0.15) is 26.5 Å². The smallest absolute Gasteiger partial charge is 0.160 e. The van der Waals surface area contributed by atoms with E-state index in [1.165, 1.54) is 0 Å². The van der Waals surface area contributed by atoms with Crippen LogP contribution in [0.2, 0.25) is 0 Å². The molecule has 86 valence electrons. The van der Waals surface area contributed by atoms with Crippen molar-refractivity contribution in [3.8, 4) is 0 Å². The second-order valence-electron chi connectivity index (χ2n) is 5.05. The third-order valence-corrected chi connectivity index (χ3v) is 2.63. The molecule has 5 heteroatoms. The predicted molar refractivity (Wildman–Crippen MR) is 66.0 cm³/mol. The second kappa shape index (κ2) is 3.10. The fourth-order valence-corrected chi connectivity index (χ4v) is 1.78. The summed E-state index contributed by atoms with van der Waals surface area (Å²) in [6, 6.07) is 0. The van der Waals surface area contributed by atoms with Gasteiger partial charge < -0.3 is 11.5 Å². The number of hydrogen-bond donors (Lipinski definition) is 2. The van der Waals surface area contributed by atoms with Gasteiger partial charge in [-0.15, -0.1) is 0 Å². The summed E-state index contributed by atoms with van der Waals surface area (Å²) in [5, 5.41) is 5.35. The Morgan fingerprint density at radius 2 is 1.88 bits per heavy atom. The van der Waals surface area contributed by atoms with E-state index in [4.69, 9.17) is 11.5 Å². The average Bonchev–Trinajstić information content (AvgIpc) is 2.50. The van der Waals surface area contributed by atoms with E-state index in [9.17, 15) is 0 Å². The van der Waals surface area contributed by atoms with Gasteiger partial charge in [0.1, 0.15) is 0 Å². The summed E-state index contributed by atoms with van der Waals surface area (Å²) >= 11 is 0. The highest BCUT2D eigenvalue weighted by atomic mass is 15.3. The molecule has 2 rings (SSSR count). The molecule has 16 heavy (non-hydrogen) atoms. The molecule has 0 aliphatic carbocycles. The van der Waals surface area contributed by atoms with Crippen LogP contribution in [0.4, 0.5) is 11.4 Å². The molecule has 0 aromatic carbocycles. The van der Waals surface area contributed by atoms with Crippen LogP contribution in [0.15, 0.2) is 6.20 Å². The number of fused-ring (bicyclic) bond motifs is 1. The van der Waals surface area contributed by atoms with Crippen LogP contribution in [0.5, 0.6) is 0 Å². The largest absolute Gasteiger partial charge is 0.396 e. The molecule has 0 atom stereocenters. The van der Waals surface area contributed by atoms with Gasteiger partial charge in [0, 0.05) is 12.5 Å². The zero-order valence-electron chi connectivity index (χ0n) is 10.1. The number of aryl methyl sites for hydroxylation is 1. The Morgan fingerprint density at radius 3 is 2.44 bits per heavy atom. The first-order valence-corrected chi connectivity index (χ1v) is 5.19. The molecule has 0 amide bonds. The Balaban J connectivity index is 2.92. The molecule has 0 unspecified atom stereocenters. The zero-order chi connectivity index (χ0) is 12.1. The van der Waals surface area contributed by atoms with Crippen LogP contribution in [-0.4, -0.2) is 14.8 Å². The molecule has 4 N–H and O–H groups in total. The lowest BCUT2D eigenvalue weighted by Crippen LogP contribution is -2.13. The van der Waals surface area contributed by atoms with E-state index >= 15 is 0 Å². The number of nitrogen functional groups attached to an aromatic ring is 2. The monoisotopic (exact) mass is 219 g/mol. The van der Waals surface area contributed by atoms with Crippen LogP contribution in [0.3, 0.4) is 0 Å². The Labute approximate surface area is 94.4 Å².